The zero-order valence-corrected chi connectivity index (χ0v) is 12.3. The summed E-state index contributed by atoms with van der Waals surface area (Å²) in [7, 11) is 0. The van der Waals surface area contributed by atoms with E-state index in [1.807, 2.05) is 18.7 Å². The number of carbonyl (C=O) groups excluding carboxylic acids is 1. The number of hydrogen-bond acceptors (Lipinski definition) is 2. The quantitative estimate of drug-likeness (QED) is 0.918. The van der Waals surface area contributed by atoms with Gasteiger partial charge in [0.25, 0.3) is 5.91 Å². The topological polar surface area (TPSA) is 32.3 Å². The van der Waals surface area contributed by atoms with Crippen molar-refractivity contribution in [3.63, 3.8) is 0 Å². The molecular weight excluding hydrogens is 255 g/mol. The van der Waals surface area contributed by atoms with Gasteiger partial charge in [-0.2, -0.15) is 0 Å². The van der Waals surface area contributed by atoms with Gasteiger partial charge in [0.05, 0.1) is 0 Å². The molecule has 20 heavy (non-hydrogen) atoms. The van der Waals surface area contributed by atoms with Crippen molar-refractivity contribution >= 4 is 5.91 Å². The molecule has 110 valence electrons. The van der Waals surface area contributed by atoms with Crippen LogP contribution in [-0.2, 0) is 0 Å². The van der Waals surface area contributed by atoms with Crippen molar-refractivity contribution in [2.24, 2.45) is 5.92 Å². The van der Waals surface area contributed by atoms with E-state index >= 15 is 0 Å². The van der Waals surface area contributed by atoms with Crippen LogP contribution in [0.15, 0.2) is 18.2 Å². The Morgan fingerprint density at radius 1 is 1.50 bits per heavy atom. The highest BCUT2D eigenvalue weighted by atomic mass is 19.1. The second-order valence-corrected chi connectivity index (χ2v) is 5.52. The average molecular weight is 278 g/mol. The molecule has 0 bridgehead atoms. The highest BCUT2D eigenvalue weighted by Crippen LogP contribution is 2.16. The smallest absolute Gasteiger partial charge is 0.254 e. The van der Waals surface area contributed by atoms with E-state index in [1.165, 1.54) is 12.1 Å². The number of nitrogens with one attached hydrogen (secondary N) is 1. The third-order valence-corrected chi connectivity index (χ3v) is 3.98. The largest absolute Gasteiger partial charge is 0.339 e. The summed E-state index contributed by atoms with van der Waals surface area (Å²) < 4.78 is 13.4. The molecule has 1 aromatic carbocycles. The number of amides is 1. The zero-order valence-electron chi connectivity index (χ0n) is 12.3. The molecule has 1 unspecified atom stereocenters. The summed E-state index contributed by atoms with van der Waals surface area (Å²) in [6.07, 6.45) is 2.31. The summed E-state index contributed by atoms with van der Waals surface area (Å²) in [4.78, 5) is 14.4. The van der Waals surface area contributed by atoms with E-state index in [2.05, 4.69) is 5.32 Å². The zero-order chi connectivity index (χ0) is 14.5. The van der Waals surface area contributed by atoms with E-state index in [0.717, 1.165) is 38.0 Å². The molecule has 0 aromatic heterocycles. The maximum Gasteiger partial charge on any atom is 0.254 e. The lowest BCUT2D eigenvalue weighted by Gasteiger charge is -2.30. The van der Waals surface area contributed by atoms with Gasteiger partial charge >= 0.3 is 0 Å². The van der Waals surface area contributed by atoms with E-state index in [1.54, 1.807) is 6.07 Å². The van der Waals surface area contributed by atoms with Crippen LogP contribution in [0.1, 0.15) is 35.7 Å². The van der Waals surface area contributed by atoms with Crippen molar-refractivity contribution in [2.75, 3.05) is 26.2 Å². The number of rotatable bonds is 4. The second kappa shape index (κ2) is 6.84. The highest BCUT2D eigenvalue weighted by molar-refractivity contribution is 5.95. The van der Waals surface area contributed by atoms with Gasteiger partial charge in [0, 0.05) is 18.7 Å². The van der Waals surface area contributed by atoms with Crippen molar-refractivity contribution in [1.82, 2.24) is 10.2 Å². The van der Waals surface area contributed by atoms with E-state index in [0.29, 0.717) is 18.0 Å². The molecule has 2 rings (SSSR count). The molecule has 0 saturated carbocycles. The summed E-state index contributed by atoms with van der Waals surface area (Å²) in [5.74, 6) is 0.0888. The molecule has 1 amide bonds. The SMILES string of the molecule is CCN(CC1CCCNC1)C(=O)c1cc(F)ccc1C. The molecule has 0 spiro atoms. The maximum absolute atomic E-state index is 13.4. The molecule has 1 fully saturated rings. The third kappa shape index (κ3) is 3.57. The number of aryl methyl sites for hydroxylation is 1. The van der Waals surface area contributed by atoms with Crippen molar-refractivity contribution < 1.29 is 9.18 Å². The highest BCUT2D eigenvalue weighted by Gasteiger charge is 2.21. The molecule has 4 heteroatoms. The minimum Gasteiger partial charge on any atom is -0.339 e. The predicted octanol–water partition coefficient (Wildman–Crippen LogP) is 2.60. The lowest BCUT2D eigenvalue weighted by molar-refractivity contribution is 0.0728. The Labute approximate surface area is 120 Å². The molecule has 1 atom stereocenters. The monoisotopic (exact) mass is 278 g/mol. The molecule has 1 heterocycles. The normalized spacial score (nSPS) is 18.9. The molecule has 1 aromatic rings. The minimum atomic E-state index is -0.352. The summed E-state index contributed by atoms with van der Waals surface area (Å²) in [6, 6.07) is 4.41. The summed E-state index contributed by atoms with van der Waals surface area (Å²) in [5, 5.41) is 3.37. The third-order valence-electron chi connectivity index (χ3n) is 3.98. The fourth-order valence-electron chi connectivity index (χ4n) is 2.74. The van der Waals surface area contributed by atoms with Gasteiger partial charge in [-0.3, -0.25) is 4.79 Å². The second-order valence-electron chi connectivity index (χ2n) is 5.52. The number of nitrogens with zero attached hydrogens (tertiary/aromatic N) is 1. The Morgan fingerprint density at radius 3 is 2.95 bits per heavy atom. The van der Waals surface area contributed by atoms with E-state index in [-0.39, 0.29) is 11.7 Å². The van der Waals surface area contributed by atoms with Crippen molar-refractivity contribution in [3.8, 4) is 0 Å². The molecule has 1 aliphatic heterocycles. The first-order valence-corrected chi connectivity index (χ1v) is 7.38. The number of hydrogen-bond donors (Lipinski definition) is 1. The van der Waals surface area contributed by atoms with Crippen LogP contribution in [-0.4, -0.2) is 37.0 Å². The number of halogens is 1. The Balaban J connectivity index is 2.09. The Bertz CT molecular complexity index is 470. The Kier molecular flexibility index (Phi) is 5.12. The summed E-state index contributed by atoms with van der Waals surface area (Å²) in [5.41, 5.74) is 1.31. The predicted molar refractivity (Wildman–Crippen MR) is 78.3 cm³/mol. The first kappa shape index (κ1) is 15.0. The van der Waals surface area contributed by atoms with Crippen LogP contribution in [0.5, 0.6) is 0 Å². The van der Waals surface area contributed by atoms with Gasteiger partial charge in [-0.05, 0) is 63.4 Å². The van der Waals surface area contributed by atoms with Gasteiger partial charge in [0.15, 0.2) is 0 Å². The lowest BCUT2D eigenvalue weighted by atomic mass is 9.98. The summed E-state index contributed by atoms with van der Waals surface area (Å²) in [6.45, 7) is 7.26. The van der Waals surface area contributed by atoms with Gasteiger partial charge in [0.2, 0.25) is 0 Å². The average Bonchev–Trinajstić information content (AvgIpc) is 2.47. The molecule has 3 nitrogen and oxygen atoms in total. The van der Waals surface area contributed by atoms with E-state index < -0.39 is 0 Å². The van der Waals surface area contributed by atoms with Gasteiger partial charge in [-0.1, -0.05) is 6.07 Å². The van der Waals surface area contributed by atoms with Crippen LogP contribution in [0.25, 0.3) is 0 Å². The molecule has 1 saturated heterocycles. The molecule has 1 N–H and O–H groups in total. The first-order valence-electron chi connectivity index (χ1n) is 7.38. The Morgan fingerprint density at radius 2 is 2.30 bits per heavy atom. The van der Waals surface area contributed by atoms with E-state index in [4.69, 9.17) is 0 Å². The molecule has 0 aliphatic carbocycles. The fraction of sp³-hybridized carbons (Fsp3) is 0.562. The van der Waals surface area contributed by atoms with Crippen molar-refractivity contribution in [3.05, 3.63) is 35.1 Å². The van der Waals surface area contributed by atoms with Gasteiger partial charge in [-0.15, -0.1) is 0 Å². The van der Waals surface area contributed by atoms with Crippen LogP contribution in [0, 0.1) is 18.7 Å². The summed E-state index contributed by atoms with van der Waals surface area (Å²) >= 11 is 0. The Hall–Kier alpha value is -1.42. The number of benzene rings is 1. The molecule has 1 aliphatic rings. The minimum absolute atomic E-state index is 0.0601. The maximum atomic E-state index is 13.4. The fourth-order valence-corrected chi connectivity index (χ4v) is 2.74. The van der Waals surface area contributed by atoms with Crippen LogP contribution in [0.4, 0.5) is 4.39 Å². The van der Waals surface area contributed by atoms with Crippen LogP contribution in [0.3, 0.4) is 0 Å². The van der Waals surface area contributed by atoms with Gasteiger partial charge in [0.1, 0.15) is 5.82 Å². The van der Waals surface area contributed by atoms with Crippen LogP contribution < -0.4 is 5.32 Å². The van der Waals surface area contributed by atoms with Crippen molar-refractivity contribution in [1.29, 1.82) is 0 Å². The van der Waals surface area contributed by atoms with E-state index in [9.17, 15) is 9.18 Å². The molecular formula is C16H23FN2O. The molecule has 0 radical (unpaired) electrons. The first-order chi connectivity index (χ1) is 9.61. The van der Waals surface area contributed by atoms with Crippen molar-refractivity contribution in [2.45, 2.75) is 26.7 Å². The standard InChI is InChI=1S/C16H23FN2O/c1-3-19(11-13-5-4-8-18-10-13)16(20)15-9-14(17)7-6-12(15)2/h6-7,9,13,18H,3-5,8,10-11H2,1-2H3. The van der Waals surface area contributed by atoms with Crippen LogP contribution in [0.2, 0.25) is 0 Å². The number of piperidine rings is 1. The lowest BCUT2D eigenvalue weighted by Crippen LogP contribution is -2.41. The van der Waals surface area contributed by atoms with Gasteiger partial charge < -0.3 is 10.2 Å². The number of carbonyl (C=O) groups is 1. The van der Waals surface area contributed by atoms with Crippen LogP contribution >= 0.6 is 0 Å². The van der Waals surface area contributed by atoms with Gasteiger partial charge in [-0.25, -0.2) is 4.39 Å².